The first-order chi connectivity index (χ1) is 13.0. The van der Waals surface area contributed by atoms with Crippen LogP contribution in [-0.4, -0.2) is 34.1 Å². The lowest BCUT2D eigenvalue weighted by Gasteiger charge is -2.31. The van der Waals surface area contributed by atoms with Crippen molar-refractivity contribution in [3.05, 3.63) is 30.6 Å². The molecule has 2 aromatic heterocycles. The van der Waals surface area contributed by atoms with Crippen LogP contribution in [0.2, 0.25) is 6.82 Å². The van der Waals surface area contributed by atoms with Crippen molar-refractivity contribution in [2.24, 2.45) is 5.92 Å². The zero-order valence-corrected chi connectivity index (χ0v) is 15.4. The van der Waals surface area contributed by atoms with E-state index in [9.17, 15) is 9.82 Å². The lowest BCUT2D eigenvalue weighted by molar-refractivity contribution is -0.121. The van der Waals surface area contributed by atoms with Gasteiger partial charge in [0, 0.05) is 23.2 Å². The topological polar surface area (TPSA) is 111 Å². The van der Waals surface area contributed by atoms with E-state index in [2.05, 4.69) is 21.9 Å². The monoisotopic (exact) mass is 366 g/mol. The van der Waals surface area contributed by atoms with E-state index in [4.69, 9.17) is 9.92 Å². The van der Waals surface area contributed by atoms with E-state index in [1.165, 1.54) is 0 Å². The highest BCUT2D eigenvalue weighted by atomic mass is 16.5. The van der Waals surface area contributed by atoms with E-state index >= 15 is 0 Å². The van der Waals surface area contributed by atoms with Crippen LogP contribution in [0, 0.1) is 17.2 Å². The normalized spacial score (nSPS) is 19.3. The molecule has 0 atom stereocenters. The number of hydrogen-bond acceptors (Lipinski definition) is 5. The summed E-state index contributed by atoms with van der Waals surface area (Å²) in [6, 6.07) is 3.91. The molecular formula is C19H23BN4O3. The van der Waals surface area contributed by atoms with Crippen LogP contribution in [-0.2, 0) is 4.79 Å². The van der Waals surface area contributed by atoms with E-state index in [0.717, 1.165) is 47.9 Å². The molecule has 0 bridgehead atoms. The van der Waals surface area contributed by atoms with Gasteiger partial charge in [0.25, 0.3) is 0 Å². The maximum Gasteiger partial charge on any atom is 0.519 e. The molecule has 1 amide bonds. The molecule has 7 nitrogen and oxygen atoms in total. The number of nitriles is 1. The predicted molar refractivity (Wildman–Crippen MR) is 104 cm³/mol. The van der Waals surface area contributed by atoms with Crippen molar-refractivity contribution in [2.45, 2.75) is 45.0 Å². The van der Waals surface area contributed by atoms with Gasteiger partial charge in [-0.3, -0.25) is 4.79 Å². The molecule has 2 heterocycles. The molecule has 0 radical (unpaired) electrons. The Kier molecular flexibility index (Phi) is 5.82. The quantitative estimate of drug-likeness (QED) is 0.681. The molecule has 1 aliphatic carbocycles. The number of fused-ring (bicyclic) bond motifs is 1. The number of amides is 1. The molecule has 0 aliphatic heterocycles. The maximum absolute atomic E-state index is 11.6. The van der Waals surface area contributed by atoms with Crippen molar-refractivity contribution >= 4 is 29.6 Å². The number of carbonyl (C=O) groups is 1. The minimum atomic E-state index is -0.944. The summed E-state index contributed by atoms with van der Waals surface area (Å²) >= 11 is 0. The second-order valence-corrected chi connectivity index (χ2v) is 6.93. The highest BCUT2D eigenvalue weighted by Crippen LogP contribution is 2.40. The van der Waals surface area contributed by atoms with E-state index in [0.29, 0.717) is 5.75 Å². The molecule has 0 unspecified atom stereocenters. The first-order valence-electron chi connectivity index (χ1n) is 9.16. The number of aromatic nitrogens is 2. The number of aromatic amines is 1. The third-order valence-electron chi connectivity index (χ3n) is 5.00. The van der Waals surface area contributed by atoms with Gasteiger partial charge in [-0.2, -0.15) is 5.26 Å². The van der Waals surface area contributed by atoms with Gasteiger partial charge in [-0.15, -0.1) is 0 Å². The minimum absolute atomic E-state index is 0.102. The molecule has 0 spiro atoms. The highest BCUT2D eigenvalue weighted by Gasteiger charge is 2.27. The van der Waals surface area contributed by atoms with E-state index < -0.39 is 7.12 Å². The van der Waals surface area contributed by atoms with E-state index in [1.54, 1.807) is 13.0 Å². The molecule has 0 saturated heterocycles. The second kappa shape index (κ2) is 8.27. The summed E-state index contributed by atoms with van der Waals surface area (Å²) in [5.74, 6) is 0.563. The van der Waals surface area contributed by atoms with Crippen molar-refractivity contribution in [2.75, 3.05) is 0 Å². The Morgan fingerprint density at radius 1 is 1.52 bits per heavy atom. The van der Waals surface area contributed by atoms with Crippen molar-refractivity contribution in [3.63, 3.8) is 0 Å². The van der Waals surface area contributed by atoms with Crippen LogP contribution in [0.5, 0.6) is 5.75 Å². The van der Waals surface area contributed by atoms with Crippen LogP contribution in [0.25, 0.3) is 16.6 Å². The largest absolute Gasteiger partial charge is 0.535 e. The van der Waals surface area contributed by atoms with Gasteiger partial charge < -0.3 is 20.0 Å². The fraction of sp³-hybridized carbons (Fsp3) is 0.421. The van der Waals surface area contributed by atoms with Crippen molar-refractivity contribution < 1.29 is 14.5 Å². The summed E-state index contributed by atoms with van der Waals surface area (Å²) < 4.78 is 5.57. The molecule has 8 heteroatoms. The Morgan fingerprint density at radius 3 is 2.93 bits per heavy atom. The van der Waals surface area contributed by atoms with Crippen molar-refractivity contribution in [3.8, 4) is 11.8 Å². The standard InChI is InChI=1S/C19H23BN4O3/c1-12(13-3-5-14(6-4-13)24-17(25)7-9-21)18-15-8-10-22-19(15)23-11-16(18)27-20(2)26/h8,10-11,13-14,26H,1,3-7H2,2H3,(H,22,23)(H,24,25). The molecule has 1 aliphatic rings. The third kappa shape index (κ3) is 4.31. The molecule has 3 N–H and O–H groups in total. The molecule has 1 saturated carbocycles. The van der Waals surface area contributed by atoms with Gasteiger partial charge in [-0.25, -0.2) is 4.98 Å². The molecular weight excluding hydrogens is 343 g/mol. The first-order valence-corrected chi connectivity index (χ1v) is 9.16. The van der Waals surface area contributed by atoms with Crippen LogP contribution in [0.1, 0.15) is 37.7 Å². The lowest BCUT2D eigenvalue weighted by atomic mass is 9.79. The Bertz CT molecular complexity index is 879. The lowest BCUT2D eigenvalue weighted by Crippen LogP contribution is -2.37. The maximum atomic E-state index is 11.6. The summed E-state index contributed by atoms with van der Waals surface area (Å²) in [5, 5.41) is 22.1. The number of hydrogen-bond donors (Lipinski definition) is 3. The Morgan fingerprint density at radius 2 is 2.26 bits per heavy atom. The number of allylic oxidation sites excluding steroid dienone is 1. The third-order valence-corrected chi connectivity index (χ3v) is 5.00. The van der Waals surface area contributed by atoms with Crippen LogP contribution < -0.4 is 9.97 Å². The fourth-order valence-electron chi connectivity index (χ4n) is 3.73. The van der Waals surface area contributed by atoms with Crippen LogP contribution in [0.15, 0.2) is 25.0 Å². The average Bonchev–Trinajstić information content (AvgIpc) is 3.10. The van der Waals surface area contributed by atoms with Gasteiger partial charge in [0.05, 0.1) is 12.3 Å². The van der Waals surface area contributed by atoms with Crippen LogP contribution >= 0.6 is 0 Å². The fourth-order valence-corrected chi connectivity index (χ4v) is 3.73. The molecule has 2 aromatic rings. The number of pyridine rings is 1. The van der Waals surface area contributed by atoms with Gasteiger partial charge >= 0.3 is 7.12 Å². The molecule has 140 valence electrons. The second-order valence-electron chi connectivity index (χ2n) is 6.93. The summed E-state index contributed by atoms with van der Waals surface area (Å²) in [6.07, 6.45) is 6.79. The molecule has 1 fully saturated rings. The SMILES string of the molecule is C=C(c1c(OB(C)O)cnc2[nH]ccc12)C1CCC(NC(=O)CC#N)CC1. The Balaban J connectivity index is 1.76. The summed E-state index contributed by atoms with van der Waals surface area (Å²) in [7, 11) is -0.944. The van der Waals surface area contributed by atoms with Crippen molar-refractivity contribution in [1.82, 2.24) is 15.3 Å². The van der Waals surface area contributed by atoms with Gasteiger partial charge in [0.2, 0.25) is 5.91 Å². The molecule has 3 rings (SSSR count). The predicted octanol–water partition coefficient (Wildman–Crippen LogP) is 2.65. The summed E-state index contributed by atoms with van der Waals surface area (Å²) in [6.45, 7) is 5.89. The number of nitrogens with zero attached hydrogens (tertiary/aromatic N) is 2. The van der Waals surface area contributed by atoms with Gasteiger partial charge in [0.1, 0.15) is 17.8 Å². The van der Waals surface area contributed by atoms with Crippen LogP contribution in [0.3, 0.4) is 0 Å². The van der Waals surface area contributed by atoms with E-state index in [-0.39, 0.29) is 24.3 Å². The Hall–Kier alpha value is -2.79. The summed E-state index contributed by atoms with van der Waals surface area (Å²) in [5.41, 5.74) is 2.58. The highest BCUT2D eigenvalue weighted by molar-refractivity contribution is 6.41. The zero-order valence-electron chi connectivity index (χ0n) is 15.4. The van der Waals surface area contributed by atoms with E-state index in [1.807, 2.05) is 18.3 Å². The zero-order chi connectivity index (χ0) is 19.4. The number of rotatable bonds is 6. The molecule has 27 heavy (non-hydrogen) atoms. The van der Waals surface area contributed by atoms with Crippen LogP contribution in [0.4, 0.5) is 0 Å². The first kappa shape index (κ1) is 19.0. The van der Waals surface area contributed by atoms with Gasteiger partial charge in [-0.05, 0) is 50.1 Å². The summed E-state index contributed by atoms with van der Waals surface area (Å²) in [4.78, 5) is 19.0. The smallest absolute Gasteiger partial charge is 0.519 e. The minimum Gasteiger partial charge on any atom is -0.535 e. The average molecular weight is 366 g/mol. The van der Waals surface area contributed by atoms with Gasteiger partial charge in [-0.1, -0.05) is 6.58 Å². The number of H-pyrrole nitrogens is 1. The Labute approximate surface area is 158 Å². The number of nitrogens with one attached hydrogen (secondary N) is 2. The van der Waals surface area contributed by atoms with Crippen molar-refractivity contribution in [1.29, 1.82) is 5.26 Å². The van der Waals surface area contributed by atoms with Gasteiger partial charge in [0.15, 0.2) is 0 Å². The molecule has 0 aromatic carbocycles. The number of carbonyl (C=O) groups excluding carboxylic acids is 1.